The lowest BCUT2D eigenvalue weighted by Gasteiger charge is -2.26. The van der Waals surface area contributed by atoms with Gasteiger partial charge in [0.1, 0.15) is 23.4 Å². The van der Waals surface area contributed by atoms with Crippen molar-refractivity contribution in [3.05, 3.63) is 65.6 Å². The number of benzene rings is 1. The van der Waals surface area contributed by atoms with E-state index in [2.05, 4.69) is 38.3 Å². The number of fused-ring (bicyclic) bond motifs is 1. The number of aromatic nitrogens is 2. The molecule has 3 aromatic rings. The van der Waals surface area contributed by atoms with Crippen LogP contribution >= 0.6 is 22.9 Å². The van der Waals surface area contributed by atoms with Gasteiger partial charge in [-0.2, -0.15) is 5.10 Å². The molecular formula is C19H17F2IN6O. The van der Waals surface area contributed by atoms with E-state index in [1.165, 1.54) is 4.40 Å². The fourth-order valence-electron chi connectivity index (χ4n) is 3.06. The second-order valence-electron chi connectivity index (χ2n) is 6.40. The number of hydrazone groups is 1. The fourth-order valence-corrected chi connectivity index (χ4v) is 3.39. The Morgan fingerprint density at radius 3 is 2.66 bits per heavy atom. The number of hydrogen-bond donors (Lipinski definition) is 1. The van der Waals surface area contributed by atoms with Crippen molar-refractivity contribution in [2.75, 3.05) is 18.1 Å². The van der Waals surface area contributed by atoms with E-state index >= 15 is 0 Å². The van der Waals surface area contributed by atoms with Crippen molar-refractivity contribution in [1.82, 2.24) is 17.8 Å². The smallest absolute Gasteiger partial charge is 0.282 e. The summed E-state index contributed by atoms with van der Waals surface area (Å²) < 4.78 is 30.1. The van der Waals surface area contributed by atoms with Crippen LogP contribution in [0.15, 0.2) is 53.8 Å². The third-order valence-corrected chi connectivity index (χ3v) is 5.24. The molecule has 1 amide bonds. The summed E-state index contributed by atoms with van der Waals surface area (Å²) >= 11 is 2.19. The zero-order valence-corrected chi connectivity index (χ0v) is 17.3. The number of rotatable bonds is 5. The van der Waals surface area contributed by atoms with Crippen LogP contribution in [0.5, 0.6) is 0 Å². The van der Waals surface area contributed by atoms with Gasteiger partial charge in [0.2, 0.25) is 0 Å². The van der Waals surface area contributed by atoms with Gasteiger partial charge in [-0.25, -0.2) is 13.8 Å². The van der Waals surface area contributed by atoms with Crippen molar-refractivity contribution in [2.45, 2.75) is 13.0 Å². The number of alkyl halides is 2. The van der Waals surface area contributed by atoms with Crippen LogP contribution in [0.2, 0.25) is 0 Å². The first-order chi connectivity index (χ1) is 14.0. The number of anilines is 1. The number of carbonyl (C=O) groups is 1. The monoisotopic (exact) mass is 510 g/mol. The summed E-state index contributed by atoms with van der Waals surface area (Å²) in [5.74, 6) is -0.592. The first-order valence-electron chi connectivity index (χ1n) is 8.89. The molecule has 1 aromatic carbocycles. The molecule has 1 aliphatic rings. The molecule has 0 saturated carbocycles. The standard InChI is InChI=1S/C19H17F2IN6O/c20-18(21)16-17(27-8-2-1-3-15(27)25-16)19(29)23-11-13-4-6-14(7-5-13)28-10-9-26(22)12-24-28/h1-8,12,18H,9-11H2,(H,23,29). The van der Waals surface area contributed by atoms with Crippen LogP contribution in [0, 0.1) is 0 Å². The molecule has 1 N–H and O–H groups in total. The molecular weight excluding hydrogens is 493 g/mol. The van der Waals surface area contributed by atoms with E-state index in [4.69, 9.17) is 0 Å². The van der Waals surface area contributed by atoms with E-state index in [1.807, 2.05) is 32.4 Å². The maximum atomic E-state index is 13.4. The number of imidazole rings is 1. The van der Waals surface area contributed by atoms with E-state index < -0.39 is 18.0 Å². The molecule has 0 aliphatic carbocycles. The second-order valence-corrected chi connectivity index (χ2v) is 7.64. The molecule has 0 spiro atoms. The van der Waals surface area contributed by atoms with Crippen LogP contribution in [0.4, 0.5) is 14.5 Å². The molecule has 4 rings (SSSR count). The Bertz CT molecular complexity index is 1050. The first-order valence-corrected chi connectivity index (χ1v) is 9.86. The molecule has 7 nitrogen and oxygen atoms in total. The molecule has 0 fully saturated rings. The molecule has 0 bridgehead atoms. The maximum absolute atomic E-state index is 13.4. The molecule has 3 heterocycles. The van der Waals surface area contributed by atoms with E-state index in [-0.39, 0.29) is 12.2 Å². The quantitative estimate of drug-likeness (QED) is 0.421. The minimum atomic E-state index is -2.83. The van der Waals surface area contributed by atoms with E-state index in [0.29, 0.717) is 5.65 Å². The van der Waals surface area contributed by atoms with Crippen molar-refractivity contribution in [3.8, 4) is 0 Å². The normalized spacial score (nSPS) is 14.1. The van der Waals surface area contributed by atoms with Gasteiger partial charge in [-0.05, 0) is 29.8 Å². The SMILES string of the molecule is O=C(NCc1ccc(N2CCN(I)C=N2)cc1)c1c(C(F)F)nc2ccccn12. The van der Waals surface area contributed by atoms with Gasteiger partial charge >= 0.3 is 0 Å². The Kier molecular flexibility index (Phi) is 5.60. The summed E-state index contributed by atoms with van der Waals surface area (Å²) in [6.07, 6.45) is 0.473. The highest BCUT2D eigenvalue weighted by Crippen LogP contribution is 2.24. The Balaban J connectivity index is 1.47. The maximum Gasteiger partial charge on any atom is 0.282 e. The highest BCUT2D eigenvalue weighted by Gasteiger charge is 2.25. The van der Waals surface area contributed by atoms with Gasteiger partial charge in [0.15, 0.2) is 0 Å². The molecule has 0 unspecified atom stereocenters. The van der Waals surface area contributed by atoms with E-state index in [1.54, 1.807) is 30.7 Å². The highest BCUT2D eigenvalue weighted by atomic mass is 127. The Labute approximate surface area is 179 Å². The number of halogens is 3. The largest absolute Gasteiger partial charge is 0.347 e. The minimum absolute atomic E-state index is 0.141. The zero-order chi connectivity index (χ0) is 20.4. The van der Waals surface area contributed by atoms with Gasteiger partial charge in [0, 0.05) is 19.3 Å². The van der Waals surface area contributed by atoms with Gasteiger partial charge in [-0.3, -0.25) is 14.2 Å². The molecule has 29 heavy (non-hydrogen) atoms. The van der Waals surface area contributed by atoms with Gasteiger partial charge in [-0.1, -0.05) is 18.2 Å². The molecule has 1 aliphatic heterocycles. The summed E-state index contributed by atoms with van der Waals surface area (Å²) in [6.45, 7) is 1.86. The predicted molar refractivity (Wildman–Crippen MR) is 114 cm³/mol. The molecule has 0 atom stereocenters. The number of carbonyl (C=O) groups excluding carboxylic acids is 1. The zero-order valence-electron chi connectivity index (χ0n) is 15.2. The van der Waals surface area contributed by atoms with Gasteiger partial charge in [0.25, 0.3) is 12.3 Å². The second kappa shape index (κ2) is 8.31. The lowest BCUT2D eigenvalue weighted by atomic mass is 10.2. The summed E-state index contributed by atoms with van der Waals surface area (Å²) in [6, 6.07) is 12.5. The number of nitrogens with zero attached hydrogens (tertiary/aromatic N) is 5. The minimum Gasteiger partial charge on any atom is -0.347 e. The molecule has 150 valence electrons. The van der Waals surface area contributed by atoms with Crippen LogP contribution < -0.4 is 10.3 Å². The van der Waals surface area contributed by atoms with Gasteiger partial charge in [-0.15, -0.1) is 0 Å². The van der Waals surface area contributed by atoms with Crippen molar-refractivity contribution >= 4 is 46.4 Å². The molecule has 0 saturated heterocycles. The first kappa shape index (κ1) is 19.6. The molecule has 0 radical (unpaired) electrons. The number of nitrogens with one attached hydrogen (secondary N) is 1. The highest BCUT2D eigenvalue weighted by molar-refractivity contribution is 14.1. The third-order valence-electron chi connectivity index (χ3n) is 4.51. The van der Waals surface area contributed by atoms with Crippen LogP contribution in [-0.4, -0.2) is 37.8 Å². The number of hydrogen-bond acceptors (Lipinski definition) is 5. The number of amides is 1. The van der Waals surface area contributed by atoms with Gasteiger partial charge < -0.3 is 8.43 Å². The van der Waals surface area contributed by atoms with Gasteiger partial charge in [0.05, 0.1) is 35.1 Å². The predicted octanol–water partition coefficient (Wildman–Crippen LogP) is 3.62. The van der Waals surface area contributed by atoms with Crippen LogP contribution in [0.3, 0.4) is 0 Å². The van der Waals surface area contributed by atoms with Crippen LogP contribution in [-0.2, 0) is 6.54 Å². The average Bonchev–Trinajstić information content (AvgIpc) is 3.13. The summed E-state index contributed by atoms with van der Waals surface area (Å²) in [7, 11) is 0. The third kappa shape index (κ3) is 4.16. The lowest BCUT2D eigenvalue weighted by Crippen LogP contribution is -2.32. The Hall–Kier alpha value is -2.76. The topological polar surface area (TPSA) is 65.2 Å². The molecule has 10 heteroatoms. The molecule has 2 aromatic heterocycles. The Morgan fingerprint density at radius 2 is 1.97 bits per heavy atom. The van der Waals surface area contributed by atoms with Crippen LogP contribution in [0.25, 0.3) is 5.65 Å². The van der Waals surface area contributed by atoms with Crippen molar-refractivity contribution in [2.24, 2.45) is 5.10 Å². The van der Waals surface area contributed by atoms with Crippen molar-refractivity contribution in [3.63, 3.8) is 0 Å². The van der Waals surface area contributed by atoms with Crippen LogP contribution in [0.1, 0.15) is 28.2 Å². The summed E-state index contributed by atoms with van der Waals surface area (Å²) in [5.41, 5.74) is 1.45. The van der Waals surface area contributed by atoms with Crippen molar-refractivity contribution < 1.29 is 13.6 Å². The summed E-state index contributed by atoms with van der Waals surface area (Å²) in [4.78, 5) is 16.5. The lowest BCUT2D eigenvalue weighted by molar-refractivity contribution is 0.0929. The Morgan fingerprint density at radius 1 is 1.17 bits per heavy atom. The van der Waals surface area contributed by atoms with E-state index in [9.17, 15) is 13.6 Å². The van der Waals surface area contributed by atoms with E-state index in [0.717, 1.165) is 24.3 Å². The van der Waals surface area contributed by atoms with Crippen molar-refractivity contribution in [1.29, 1.82) is 0 Å². The summed E-state index contributed by atoms with van der Waals surface area (Å²) in [5, 5.41) is 8.95. The number of pyridine rings is 1. The fraction of sp³-hybridized carbons (Fsp3) is 0.211. The average molecular weight is 510 g/mol.